The normalized spacial score (nSPS) is 6.62. The smallest absolute Gasteiger partial charge is 0.0489 e. The Balaban J connectivity index is 0. The first-order valence-corrected chi connectivity index (χ1v) is 1.85. The highest BCUT2D eigenvalue weighted by Crippen LogP contribution is 1.82. The fourth-order valence-corrected chi connectivity index (χ4v) is 0.325. The summed E-state index contributed by atoms with van der Waals surface area (Å²) in [5.41, 5.74) is 1.11. The number of hydrogen-bond donors (Lipinski definition) is 1. The summed E-state index contributed by atoms with van der Waals surface area (Å²) < 4.78 is 0. The number of aryl methyl sites for hydroxylation is 1. The molecule has 0 aliphatic heterocycles. The molecule has 0 saturated carbocycles. The van der Waals surface area contributed by atoms with Crippen molar-refractivity contribution < 1.29 is 0 Å². The molecule has 2 nitrogen and oxygen atoms in total. The molecule has 0 fully saturated rings. The third kappa shape index (κ3) is 2.88. The SMILES string of the molecule is Cc1ccn[nH]1.Cl.Cl. The highest BCUT2D eigenvalue weighted by Gasteiger charge is 1.73. The number of aromatic nitrogens is 2. The summed E-state index contributed by atoms with van der Waals surface area (Å²) in [4.78, 5) is 0. The van der Waals surface area contributed by atoms with Gasteiger partial charge in [0.25, 0.3) is 0 Å². The number of halogens is 2. The van der Waals surface area contributed by atoms with Crippen molar-refractivity contribution in [2.75, 3.05) is 0 Å². The maximum atomic E-state index is 3.70. The Hall–Kier alpha value is -0.210. The predicted octanol–water partition coefficient (Wildman–Crippen LogP) is 1.56. The molecule has 0 unspecified atom stereocenters. The van der Waals surface area contributed by atoms with Gasteiger partial charge < -0.3 is 0 Å². The number of hydrogen-bond acceptors (Lipinski definition) is 1. The molecule has 8 heavy (non-hydrogen) atoms. The number of nitrogens with zero attached hydrogens (tertiary/aromatic N) is 1. The van der Waals surface area contributed by atoms with Gasteiger partial charge in [-0.3, -0.25) is 5.10 Å². The molecule has 0 spiro atoms. The third-order valence-corrected chi connectivity index (χ3v) is 0.640. The number of aromatic amines is 1. The van der Waals surface area contributed by atoms with E-state index in [1.807, 2.05) is 13.0 Å². The van der Waals surface area contributed by atoms with Crippen LogP contribution in [0.1, 0.15) is 5.69 Å². The Morgan fingerprint density at radius 3 is 2.25 bits per heavy atom. The van der Waals surface area contributed by atoms with Crippen LogP contribution in [0.25, 0.3) is 0 Å². The van der Waals surface area contributed by atoms with Gasteiger partial charge in [-0.25, -0.2) is 0 Å². The number of H-pyrrole nitrogens is 1. The molecular weight excluding hydrogens is 147 g/mol. The lowest BCUT2D eigenvalue weighted by molar-refractivity contribution is 1.05. The molecule has 0 saturated heterocycles. The minimum Gasteiger partial charge on any atom is -0.283 e. The molecule has 0 radical (unpaired) electrons. The quantitative estimate of drug-likeness (QED) is 0.605. The van der Waals surface area contributed by atoms with Crippen molar-refractivity contribution in [2.45, 2.75) is 6.92 Å². The summed E-state index contributed by atoms with van der Waals surface area (Å²) in [6, 6.07) is 1.92. The first-order chi connectivity index (χ1) is 2.89. The molecular formula is C4H8Cl2N2. The van der Waals surface area contributed by atoms with E-state index in [1.54, 1.807) is 6.20 Å². The Bertz CT molecular complexity index is 116. The fraction of sp³-hybridized carbons (Fsp3) is 0.250. The van der Waals surface area contributed by atoms with Crippen LogP contribution >= 0.6 is 24.8 Å². The lowest BCUT2D eigenvalue weighted by Crippen LogP contribution is -1.65. The van der Waals surface area contributed by atoms with Gasteiger partial charge in [-0.15, -0.1) is 24.8 Å². The van der Waals surface area contributed by atoms with E-state index in [0.29, 0.717) is 0 Å². The van der Waals surface area contributed by atoms with E-state index in [2.05, 4.69) is 10.2 Å². The monoisotopic (exact) mass is 154 g/mol. The molecule has 0 aliphatic rings. The van der Waals surface area contributed by atoms with E-state index in [1.165, 1.54) is 0 Å². The summed E-state index contributed by atoms with van der Waals surface area (Å²) in [6.07, 6.45) is 1.73. The second-order valence-electron chi connectivity index (χ2n) is 1.24. The largest absolute Gasteiger partial charge is 0.283 e. The van der Waals surface area contributed by atoms with Crippen molar-refractivity contribution in [3.8, 4) is 0 Å². The molecule has 0 atom stereocenters. The van der Waals surface area contributed by atoms with Crippen molar-refractivity contribution >= 4 is 24.8 Å². The number of rotatable bonds is 0. The molecule has 1 heterocycles. The highest BCUT2D eigenvalue weighted by molar-refractivity contribution is 5.85. The third-order valence-electron chi connectivity index (χ3n) is 0.640. The summed E-state index contributed by atoms with van der Waals surface area (Å²) in [6.45, 7) is 1.97. The van der Waals surface area contributed by atoms with Crippen molar-refractivity contribution in [1.82, 2.24) is 10.2 Å². The maximum Gasteiger partial charge on any atom is 0.0489 e. The van der Waals surface area contributed by atoms with Crippen LogP contribution in [-0.4, -0.2) is 10.2 Å². The lowest BCUT2D eigenvalue weighted by Gasteiger charge is -1.68. The first kappa shape index (κ1) is 10.7. The topological polar surface area (TPSA) is 28.7 Å². The van der Waals surface area contributed by atoms with Gasteiger partial charge in [-0.1, -0.05) is 0 Å². The zero-order chi connectivity index (χ0) is 4.41. The minimum absolute atomic E-state index is 0. The summed E-state index contributed by atoms with van der Waals surface area (Å²) in [7, 11) is 0. The van der Waals surface area contributed by atoms with Crippen LogP contribution in [0.15, 0.2) is 12.3 Å². The average molecular weight is 155 g/mol. The average Bonchev–Trinajstić information content (AvgIpc) is 1.86. The van der Waals surface area contributed by atoms with E-state index in [-0.39, 0.29) is 24.8 Å². The van der Waals surface area contributed by atoms with E-state index in [4.69, 9.17) is 0 Å². The maximum absolute atomic E-state index is 3.70. The molecule has 1 rings (SSSR count). The van der Waals surface area contributed by atoms with Gasteiger partial charge in [-0.2, -0.15) is 5.10 Å². The minimum atomic E-state index is 0. The second-order valence-corrected chi connectivity index (χ2v) is 1.24. The van der Waals surface area contributed by atoms with Gasteiger partial charge in [-0.05, 0) is 13.0 Å². The molecule has 1 aromatic rings. The molecule has 0 amide bonds. The van der Waals surface area contributed by atoms with Crippen molar-refractivity contribution in [1.29, 1.82) is 0 Å². The van der Waals surface area contributed by atoms with Gasteiger partial charge in [0.1, 0.15) is 0 Å². The van der Waals surface area contributed by atoms with Gasteiger partial charge in [0.15, 0.2) is 0 Å². The van der Waals surface area contributed by atoms with E-state index in [0.717, 1.165) is 5.69 Å². The van der Waals surface area contributed by atoms with Gasteiger partial charge >= 0.3 is 0 Å². The standard InChI is InChI=1S/C4H6N2.2ClH/c1-4-2-3-5-6-4;;/h2-3H,1H3,(H,5,6);2*1H. The van der Waals surface area contributed by atoms with Crippen molar-refractivity contribution in [2.24, 2.45) is 0 Å². The molecule has 1 N–H and O–H groups in total. The zero-order valence-corrected chi connectivity index (χ0v) is 6.05. The van der Waals surface area contributed by atoms with Crippen LogP contribution in [0, 0.1) is 6.92 Å². The first-order valence-electron chi connectivity index (χ1n) is 1.85. The summed E-state index contributed by atoms with van der Waals surface area (Å²) in [5.74, 6) is 0. The fourth-order valence-electron chi connectivity index (χ4n) is 0.325. The van der Waals surface area contributed by atoms with Crippen LogP contribution < -0.4 is 0 Å². The summed E-state index contributed by atoms with van der Waals surface area (Å²) in [5, 5.41) is 6.45. The predicted molar refractivity (Wildman–Crippen MR) is 37.8 cm³/mol. The van der Waals surface area contributed by atoms with Gasteiger partial charge in [0, 0.05) is 11.9 Å². The second kappa shape index (κ2) is 4.94. The molecule has 0 aromatic carbocycles. The lowest BCUT2D eigenvalue weighted by atomic mass is 10.5. The molecule has 4 heteroatoms. The van der Waals surface area contributed by atoms with Crippen LogP contribution in [0.4, 0.5) is 0 Å². The van der Waals surface area contributed by atoms with Gasteiger partial charge in [0.2, 0.25) is 0 Å². The van der Waals surface area contributed by atoms with Crippen LogP contribution in [0.2, 0.25) is 0 Å². The molecule has 1 aromatic heterocycles. The Kier molecular flexibility index (Phi) is 6.61. The summed E-state index contributed by atoms with van der Waals surface area (Å²) >= 11 is 0. The molecule has 0 aliphatic carbocycles. The molecule has 48 valence electrons. The van der Waals surface area contributed by atoms with E-state index >= 15 is 0 Å². The Labute approximate surface area is 60.5 Å². The number of nitrogens with one attached hydrogen (secondary N) is 1. The van der Waals surface area contributed by atoms with Crippen molar-refractivity contribution in [3.05, 3.63) is 18.0 Å². The van der Waals surface area contributed by atoms with Crippen LogP contribution in [0.5, 0.6) is 0 Å². The van der Waals surface area contributed by atoms with Crippen LogP contribution in [0.3, 0.4) is 0 Å². The Morgan fingerprint density at radius 2 is 2.12 bits per heavy atom. The van der Waals surface area contributed by atoms with E-state index in [9.17, 15) is 0 Å². The van der Waals surface area contributed by atoms with Crippen molar-refractivity contribution in [3.63, 3.8) is 0 Å². The highest BCUT2D eigenvalue weighted by atomic mass is 35.5. The zero-order valence-electron chi connectivity index (χ0n) is 4.42. The van der Waals surface area contributed by atoms with Crippen LogP contribution in [-0.2, 0) is 0 Å². The van der Waals surface area contributed by atoms with E-state index < -0.39 is 0 Å². The Morgan fingerprint density at radius 1 is 1.50 bits per heavy atom. The molecule has 0 bridgehead atoms. The van der Waals surface area contributed by atoms with Gasteiger partial charge in [0.05, 0.1) is 0 Å².